The smallest absolute Gasteiger partial charge is 0.231 e. The highest BCUT2D eigenvalue weighted by molar-refractivity contribution is 8.13. The van der Waals surface area contributed by atoms with E-state index in [2.05, 4.69) is 11.8 Å². The monoisotopic (exact) mass is 418 g/mol. The molecule has 0 radical (unpaired) electrons. The third-order valence-corrected chi connectivity index (χ3v) is 7.23. The van der Waals surface area contributed by atoms with Gasteiger partial charge in [0, 0.05) is 29.6 Å². The summed E-state index contributed by atoms with van der Waals surface area (Å²) >= 11 is 8.04. The number of fused-ring (bicyclic) bond motifs is 2. The second kappa shape index (κ2) is 6.29. The van der Waals surface area contributed by atoms with Gasteiger partial charge in [-0.05, 0) is 47.9 Å². The van der Waals surface area contributed by atoms with Gasteiger partial charge < -0.3 is 14.4 Å². The van der Waals surface area contributed by atoms with Gasteiger partial charge in [-0.2, -0.15) is 0 Å². The van der Waals surface area contributed by atoms with E-state index in [0.29, 0.717) is 5.02 Å². The summed E-state index contributed by atoms with van der Waals surface area (Å²) < 4.78 is 24.4. The predicted octanol–water partition coefficient (Wildman–Crippen LogP) is 5.22. The van der Waals surface area contributed by atoms with Crippen LogP contribution in [0.4, 0.5) is 10.1 Å². The maximum atomic E-state index is 13.5. The Bertz CT molecular complexity index is 1000. The van der Waals surface area contributed by atoms with Crippen LogP contribution in [-0.2, 0) is 5.41 Å². The Labute approximate surface area is 172 Å². The molecule has 2 heterocycles. The lowest BCUT2D eigenvalue weighted by molar-refractivity contribution is 0.174. The number of nitrogens with zero attached hydrogens (tertiary/aromatic N) is 2. The molecule has 5 rings (SSSR count). The van der Waals surface area contributed by atoms with Crippen LogP contribution in [0, 0.1) is 11.2 Å². The summed E-state index contributed by atoms with van der Waals surface area (Å²) in [6.07, 6.45) is 3.10. The molecular weight excluding hydrogens is 399 g/mol. The largest absolute Gasteiger partial charge is 0.454 e. The van der Waals surface area contributed by atoms with Crippen LogP contribution in [0.5, 0.6) is 11.5 Å². The fourth-order valence-electron chi connectivity index (χ4n) is 4.71. The first-order chi connectivity index (χ1) is 13.4. The summed E-state index contributed by atoms with van der Waals surface area (Å²) in [5, 5.41) is 1.48. The average molecular weight is 419 g/mol. The van der Waals surface area contributed by atoms with Crippen molar-refractivity contribution >= 4 is 34.2 Å². The number of rotatable bonds is 2. The standard InChI is InChI=1S/C21H20ClFN2O2S/c1-20-9-21(20,15-5-3-13(23)7-16(15)22)11-25(10-20)19(28-2)24-14-4-6-17-18(8-14)27-12-26-17/h3-8H,9-12H2,1-2H3/b24-19+/t20-,21?/m1/s1. The summed E-state index contributed by atoms with van der Waals surface area (Å²) in [6.45, 7) is 4.28. The molecule has 3 aliphatic rings. The molecule has 7 heteroatoms. The molecule has 1 saturated carbocycles. The van der Waals surface area contributed by atoms with Crippen molar-refractivity contribution < 1.29 is 13.9 Å². The predicted molar refractivity (Wildman–Crippen MR) is 111 cm³/mol. The molecule has 1 unspecified atom stereocenters. The molecule has 0 spiro atoms. The quantitative estimate of drug-likeness (QED) is 0.494. The van der Waals surface area contributed by atoms with Crippen LogP contribution in [0.2, 0.25) is 5.02 Å². The van der Waals surface area contributed by atoms with Crippen LogP contribution < -0.4 is 9.47 Å². The lowest BCUT2D eigenvalue weighted by Crippen LogP contribution is -2.31. The Hall–Kier alpha value is -1.92. The highest BCUT2D eigenvalue weighted by Gasteiger charge is 2.70. The molecule has 2 aliphatic heterocycles. The molecule has 4 nitrogen and oxygen atoms in total. The summed E-state index contributed by atoms with van der Waals surface area (Å²) in [6, 6.07) is 10.5. The molecule has 1 saturated heterocycles. The number of amidine groups is 1. The molecule has 2 aromatic carbocycles. The molecule has 0 N–H and O–H groups in total. The van der Waals surface area contributed by atoms with Gasteiger partial charge in [0.15, 0.2) is 16.7 Å². The number of aliphatic imine (C=N–C) groups is 1. The van der Waals surface area contributed by atoms with E-state index in [4.69, 9.17) is 26.1 Å². The van der Waals surface area contributed by atoms with E-state index in [1.807, 2.05) is 30.5 Å². The maximum Gasteiger partial charge on any atom is 0.231 e. The average Bonchev–Trinajstić information content (AvgIpc) is 2.98. The minimum atomic E-state index is -0.295. The SMILES string of the molecule is CS/C(=N/c1ccc2c(c1)OCO2)N1CC2(c3ccc(F)cc3Cl)C[C@]2(C)C1. The zero-order valence-corrected chi connectivity index (χ0v) is 17.2. The number of hydrogen-bond acceptors (Lipinski definition) is 4. The van der Waals surface area contributed by atoms with Crippen molar-refractivity contribution in [1.82, 2.24) is 4.90 Å². The van der Waals surface area contributed by atoms with Gasteiger partial charge in [-0.25, -0.2) is 9.38 Å². The third-order valence-electron chi connectivity index (χ3n) is 6.20. The van der Waals surface area contributed by atoms with E-state index in [9.17, 15) is 4.39 Å². The summed E-state index contributed by atoms with van der Waals surface area (Å²) in [4.78, 5) is 7.18. The van der Waals surface area contributed by atoms with Gasteiger partial charge in [-0.15, -0.1) is 0 Å². The number of piperidine rings is 1. The van der Waals surface area contributed by atoms with Crippen molar-refractivity contribution in [3.8, 4) is 11.5 Å². The second-order valence-electron chi connectivity index (χ2n) is 7.94. The van der Waals surface area contributed by atoms with Gasteiger partial charge >= 0.3 is 0 Å². The van der Waals surface area contributed by atoms with Gasteiger partial charge in [0.05, 0.1) is 5.69 Å². The van der Waals surface area contributed by atoms with Crippen molar-refractivity contribution in [1.29, 1.82) is 0 Å². The minimum Gasteiger partial charge on any atom is -0.454 e. The fourth-order valence-corrected chi connectivity index (χ4v) is 5.64. The van der Waals surface area contributed by atoms with E-state index < -0.39 is 0 Å². The Morgan fingerprint density at radius 1 is 1.18 bits per heavy atom. The van der Waals surface area contributed by atoms with Crippen molar-refractivity contribution in [2.75, 3.05) is 26.1 Å². The molecule has 2 fully saturated rings. The van der Waals surface area contributed by atoms with E-state index >= 15 is 0 Å². The zero-order chi connectivity index (χ0) is 19.5. The highest BCUT2D eigenvalue weighted by Crippen LogP contribution is 2.69. The first kappa shape index (κ1) is 18.1. The van der Waals surface area contributed by atoms with E-state index in [0.717, 1.165) is 47.4 Å². The fraction of sp³-hybridized carbons (Fsp3) is 0.381. The third kappa shape index (κ3) is 2.69. The lowest BCUT2D eigenvalue weighted by Gasteiger charge is -2.24. The summed E-state index contributed by atoms with van der Waals surface area (Å²) in [5.74, 6) is 1.19. The van der Waals surface area contributed by atoms with Crippen LogP contribution in [-0.4, -0.2) is 36.2 Å². The molecular formula is C21H20ClFN2O2S. The molecule has 0 bridgehead atoms. The first-order valence-electron chi connectivity index (χ1n) is 9.17. The van der Waals surface area contributed by atoms with E-state index in [-0.39, 0.29) is 23.4 Å². The van der Waals surface area contributed by atoms with E-state index in [1.165, 1.54) is 12.1 Å². The molecule has 1 aliphatic carbocycles. The van der Waals surface area contributed by atoms with Gasteiger partial charge in [0.1, 0.15) is 5.82 Å². The molecule has 0 aromatic heterocycles. The van der Waals surface area contributed by atoms with Gasteiger partial charge in [0.25, 0.3) is 0 Å². The Morgan fingerprint density at radius 2 is 2.00 bits per heavy atom. The maximum absolute atomic E-state index is 13.5. The number of halogens is 2. The number of likely N-dealkylation sites (tertiary alicyclic amines) is 1. The topological polar surface area (TPSA) is 34.1 Å². The number of ether oxygens (including phenoxy) is 2. The van der Waals surface area contributed by atoms with Crippen molar-refractivity contribution in [3.63, 3.8) is 0 Å². The number of benzene rings is 2. The first-order valence-corrected chi connectivity index (χ1v) is 10.8. The van der Waals surface area contributed by atoms with Crippen molar-refractivity contribution in [3.05, 3.63) is 52.8 Å². The number of thioether (sulfide) groups is 1. The highest BCUT2D eigenvalue weighted by atomic mass is 35.5. The lowest BCUT2D eigenvalue weighted by atomic mass is 9.90. The van der Waals surface area contributed by atoms with Crippen LogP contribution in [0.3, 0.4) is 0 Å². The van der Waals surface area contributed by atoms with Crippen molar-refractivity contribution in [2.24, 2.45) is 10.4 Å². The number of hydrogen-bond donors (Lipinski definition) is 0. The van der Waals surface area contributed by atoms with Gasteiger partial charge in [-0.3, -0.25) is 0 Å². The van der Waals surface area contributed by atoms with Crippen LogP contribution in [0.15, 0.2) is 41.4 Å². The van der Waals surface area contributed by atoms with Crippen molar-refractivity contribution in [2.45, 2.75) is 18.8 Å². The van der Waals surface area contributed by atoms with E-state index in [1.54, 1.807) is 11.8 Å². The van der Waals surface area contributed by atoms with Crippen LogP contribution in [0.25, 0.3) is 0 Å². The normalized spacial score (nSPS) is 27.9. The Balaban J connectivity index is 1.44. The minimum absolute atomic E-state index is 0.0385. The van der Waals surface area contributed by atoms with Crippen LogP contribution in [0.1, 0.15) is 18.9 Å². The molecule has 0 amide bonds. The molecule has 146 valence electrons. The molecule has 2 aromatic rings. The zero-order valence-electron chi connectivity index (χ0n) is 15.7. The summed E-state index contributed by atoms with van der Waals surface area (Å²) in [7, 11) is 0. The molecule has 28 heavy (non-hydrogen) atoms. The molecule has 2 atom stereocenters. The Kier molecular flexibility index (Phi) is 4.07. The van der Waals surface area contributed by atoms with Crippen LogP contribution >= 0.6 is 23.4 Å². The van der Waals surface area contributed by atoms with Gasteiger partial charge in [-0.1, -0.05) is 36.4 Å². The van der Waals surface area contributed by atoms with Gasteiger partial charge in [0.2, 0.25) is 6.79 Å². The Morgan fingerprint density at radius 3 is 2.79 bits per heavy atom. The summed E-state index contributed by atoms with van der Waals surface area (Å²) in [5.41, 5.74) is 1.97. The second-order valence-corrected chi connectivity index (χ2v) is 9.12.